The van der Waals surface area contributed by atoms with Crippen LogP contribution in [0.3, 0.4) is 0 Å². The summed E-state index contributed by atoms with van der Waals surface area (Å²) in [5.74, 6) is 7.19. The van der Waals surface area contributed by atoms with Crippen LogP contribution in [-0.2, 0) is 0 Å². The van der Waals surface area contributed by atoms with Crippen molar-refractivity contribution in [2.75, 3.05) is 10.7 Å². The van der Waals surface area contributed by atoms with E-state index in [2.05, 4.69) is 22.7 Å². The lowest BCUT2D eigenvalue weighted by Gasteiger charge is -2.28. The number of nitrogens with one attached hydrogen (secondary N) is 2. The molecule has 1 fully saturated rings. The molecule has 1 aliphatic rings. The highest BCUT2D eigenvalue weighted by molar-refractivity contribution is 6.37. The summed E-state index contributed by atoms with van der Waals surface area (Å²) in [4.78, 5) is 4.30. The molecule has 1 aromatic heterocycles. The zero-order valence-corrected chi connectivity index (χ0v) is 11.9. The summed E-state index contributed by atoms with van der Waals surface area (Å²) in [7, 11) is 0. The molecule has 4 N–H and O–H groups in total. The summed E-state index contributed by atoms with van der Waals surface area (Å²) in [6.45, 7) is 2.28. The van der Waals surface area contributed by atoms with Gasteiger partial charge in [0.05, 0.1) is 10.0 Å². The monoisotopic (exact) mass is 288 g/mol. The van der Waals surface area contributed by atoms with Gasteiger partial charge in [0.25, 0.3) is 0 Å². The zero-order chi connectivity index (χ0) is 13.1. The summed E-state index contributed by atoms with van der Waals surface area (Å²) >= 11 is 12.1. The van der Waals surface area contributed by atoms with E-state index in [1.807, 2.05) is 0 Å². The van der Waals surface area contributed by atoms with Crippen molar-refractivity contribution in [3.8, 4) is 0 Å². The Morgan fingerprint density at radius 1 is 1.28 bits per heavy atom. The second-order valence-corrected chi connectivity index (χ2v) is 5.72. The van der Waals surface area contributed by atoms with E-state index in [-0.39, 0.29) is 0 Å². The number of nitrogens with two attached hydrogens (primary N) is 1. The molecule has 6 heteroatoms. The van der Waals surface area contributed by atoms with Crippen molar-refractivity contribution in [3.05, 3.63) is 16.1 Å². The van der Waals surface area contributed by atoms with E-state index in [0.29, 0.717) is 27.7 Å². The van der Waals surface area contributed by atoms with Crippen molar-refractivity contribution in [3.63, 3.8) is 0 Å². The zero-order valence-electron chi connectivity index (χ0n) is 10.3. The van der Waals surface area contributed by atoms with Gasteiger partial charge in [-0.25, -0.2) is 10.8 Å². The Balaban J connectivity index is 2.13. The third kappa shape index (κ3) is 3.19. The number of anilines is 2. The summed E-state index contributed by atoms with van der Waals surface area (Å²) in [5, 5.41) is 4.33. The SMILES string of the molecule is CC1CCCC(Nc2nc(NN)c(Cl)cc2Cl)C1. The van der Waals surface area contributed by atoms with Crippen LogP contribution in [0, 0.1) is 5.92 Å². The number of hydrazine groups is 1. The Morgan fingerprint density at radius 2 is 2.00 bits per heavy atom. The van der Waals surface area contributed by atoms with Crippen LogP contribution < -0.4 is 16.6 Å². The Kier molecular flexibility index (Phi) is 4.54. The van der Waals surface area contributed by atoms with Crippen LogP contribution >= 0.6 is 23.2 Å². The van der Waals surface area contributed by atoms with E-state index < -0.39 is 0 Å². The fraction of sp³-hybridized carbons (Fsp3) is 0.583. The molecular weight excluding hydrogens is 271 g/mol. The van der Waals surface area contributed by atoms with Crippen LogP contribution in [0.2, 0.25) is 10.0 Å². The molecule has 4 nitrogen and oxygen atoms in total. The van der Waals surface area contributed by atoms with Crippen LogP contribution in [-0.4, -0.2) is 11.0 Å². The fourth-order valence-corrected chi connectivity index (χ4v) is 2.90. The molecule has 2 rings (SSSR count). The van der Waals surface area contributed by atoms with Gasteiger partial charge in [-0.3, -0.25) is 0 Å². The van der Waals surface area contributed by atoms with Gasteiger partial charge in [-0.05, 0) is 24.8 Å². The number of hydrogen-bond donors (Lipinski definition) is 3. The Labute approximate surface area is 117 Å². The number of hydrogen-bond acceptors (Lipinski definition) is 4. The Bertz CT molecular complexity index is 425. The van der Waals surface area contributed by atoms with Crippen molar-refractivity contribution in [1.82, 2.24) is 4.98 Å². The average Bonchev–Trinajstić information content (AvgIpc) is 2.33. The molecule has 1 heterocycles. The molecule has 0 saturated heterocycles. The van der Waals surface area contributed by atoms with Crippen molar-refractivity contribution in [2.24, 2.45) is 11.8 Å². The fourth-order valence-electron chi connectivity index (χ4n) is 2.43. The number of pyridine rings is 1. The lowest BCUT2D eigenvalue weighted by atomic mass is 9.87. The second-order valence-electron chi connectivity index (χ2n) is 4.91. The summed E-state index contributed by atoms with van der Waals surface area (Å²) in [5.41, 5.74) is 2.47. The summed E-state index contributed by atoms with van der Waals surface area (Å²) in [6.07, 6.45) is 4.84. The van der Waals surface area contributed by atoms with Crippen molar-refractivity contribution >= 4 is 34.8 Å². The molecule has 1 aliphatic carbocycles. The lowest BCUT2D eigenvalue weighted by Crippen LogP contribution is -2.27. The minimum atomic E-state index is 0.421. The largest absolute Gasteiger partial charge is 0.366 e. The number of nitrogens with zero attached hydrogens (tertiary/aromatic N) is 1. The molecule has 0 bridgehead atoms. The van der Waals surface area contributed by atoms with Gasteiger partial charge in [-0.2, -0.15) is 0 Å². The predicted molar refractivity (Wildman–Crippen MR) is 77.1 cm³/mol. The van der Waals surface area contributed by atoms with Gasteiger partial charge >= 0.3 is 0 Å². The lowest BCUT2D eigenvalue weighted by molar-refractivity contribution is 0.358. The van der Waals surface area contributed by atoms with Crippen molar-refractivity contribution in [1.29, 1.82) is 0 Å². The molecule has 1 saturated carbocycles. The third-order valence-electron chi connectivity index (χ3n) is 3.34. The van der Waals surface area contributed by atoms with E-state index in [0.717, 1.165) is 18.8 Å². The highest BCUT2D eigenvalue weighted by Gasteiger charge is 2.20. The van der Waals surface area contributed by atoms with Gasteiger partial charge in [0.15, 0.2) is 5.82 Å². The number of nitrogen functional groups attached to an aromatic ring is 1. The van der Waals surface area contributed by atoms with Crippen LogP contribution in [0.25, 0.3) is 0 Å². The Morgan fingerprint density at radius 3 is 2.67 bits per heavy atom. The topological polar surface area (TPSA) is 63.0 Å². The van der Waals surface area contributed by atoms with E-state index in [1.165, 1.54) is 12.8 Å². The predicted octanol–water partition coefficient (Wildman–Crippen LogP) is 3.66. The maximum Gasteiger partial charge on any atom is 0.161 e. The van der Waals surface area contributed by atoms with E-state index in [9.17, 15) is 0 Å². The van der Waals surface area contributed by atoms with Crippen LogP contribution in [0.4, 0.5) is 11.6 Å². The van der Waals surface area contributed by atoms with Crippen molar-refractivity contribution < 1.29 is 0 Å². The quantitative estimate of drug-likeness (QED) is 0.587. The minimum absolute atomic E-state index is 0.421. The maximum atomic E-state index is 6.14. The standard InChI is InChI=1S/C12H18Cl2N4/c1-7-3-2-4-8(5-7)16-11-9(13)6-10(14)12(17-11)18-15/h6-8H,2-5,15H2,1H3,(H2,16,17,18). The normalized spacial score (nSPS) is 23.8. The summed E-state index contributed by atoms with van der Waals surface area (Å²) in [6, 6.07) is 2.07. The average molecular weight is 289 g/mol. The van der Waals surface area contributed by atoms with Gasteiger partial charge < -0.3 is 10.7 Å². The molecule has 0 aromatic carbocycles. The van der Waals surface area contributed by atoms with E-state index in [4.69, 9.17) is 29.0 Å². The first-order chi connectivity index (χ1) is 8.60. The highest BCUT2D eigenvalue weighted by atomic mass is 35.5. The Hall–Kier alpha value is -0.710. The molecule has 2 atom stereocenters. The molecule has 0 amide bonds. The summed E-state index contributed by atoms with van der Waals surface area (Å²) < 4.78 is 0. The molecule has 18 heavy (non-hydrogen) atoms. The van der Waals surface area contributed by atoms with Crippen molar-refractivity contribution in [2.45, 2.75) is 38.6 Å². The van der Waals surface area contributed by atoms with Gasteiger partial charge in [-0.15, -0.1) is 0 Å². The van der Waals surface area contributed by atoms with Gasteiger partial charge in [0.2, 0.25) is 0 Å². The molecule has 0 spiro atoms. The molecule has 0 radical (unpaired) electrons. The smallest absolute Gasteiger partial charge is 0.161 e. The highest BCUT2D eigenvalue weighted by Crippen LogP contribution is 2.31. The minimum Gasteiger partial charge on any atom is -0.366 e. The molecular formula is C12H18Cl2N4. The first-order valence-corrected chi connectivity index (χ1v) is 6.95. The molecule has 2 unspecified atom stereocenters. The van der Waals surface area contributed by atoms with Gasteiger partial charge in [0.1, 0.15) is 5.82 Å². The number of rotatable bonds is 3. The van der Waals surface area contributed by atoms with Crippen LogP contribution in [0.5, 0.6) is 0 Å². The van der Waals surface area contributed by atoms with Gasteiger partial charge in [-0.1, -0.05) is 43.0 Å². The van der Waals surface area contributed by atoms with Crippen LogP contribution in [0.1, 0.15) is 32.6 Å². The van der Waals surface area contributed by atoms with E-state index >= 15 is 0 Å². The molecule has 100 valence electrons. The third-order valence-corrected chi connectivity index (χ3v) is 3.92. The second kappa shape index (κ2) is 5.95. The number of aromatic nitrogens is 1. The van der Waals surface area contributed by atoms with E-state index in [1.54, 1.807) is 6.07 Å². The first kappa shape index (κ1) is 13.7. The molecule has 1 aromatic rings. The molecule has 0 aliphatic heterocycles. The first-order valence-electron chi connectivity index (χ1n) is 6.19. The van der Waals surface area contributed by atoms with Crippen LogP contribution in [0.15, 0.2) is 6.07 Å². The number of halogens is 2. The maximum absolute atomic E-state index is 6.14. The van der Waals surface area contributed by atoms with Gasteiger partial charge in [0, 0.05) is 6.04 Å².